The number of hydrazine groups is 1. The summed E-state index contributed by atoms with van der Waals surface area (Å²) in [4.78, 5) is 0. The van der Waals surface area contributed by atoms with E-state index in [1.54, 1.807) is 0 Å². The van der Waals surface area contributed by atoms with Gasteiger partial charge >= 0.3 is 0 Å². The van der Waals surface area contributed by atoms with Gasteiger partial charge in [0.15, 0.2) is 0 Å². The topological polar surface area (TPSA) is 38.0 Å². The third kappa shape index (κ3) is 3.92. The minimum absolute atomic E-state index is 0.0669. The van der Waals surface area contributed by atoms with E-state index in [1.807, 2.05) is 12.1 Å². The lowest BCUT2D eigenvalue weighted by Gasteiger charge is -2.17. The van der Waals surface area contributed by atoms with Gasteiger partial charge in [0.25, 0.3) is 0 Å². The maximum Gasteiger partial charge on any atom is 0.0542 e. The van der Waals surface area contributed by atoms with Crippen molar-refractivity contribution >= 4 is 34.2 Å². The lowest BCUT2D eigenvalue weighted by molar-refractivity contribution is 0.552. The van der Waals surface area contributed by atoms with E-state index in [1.165, 1.54) is 11.1 Å². The first-order chi connectivity index (χ1) is 9.10. The Morgan fingerprint density at radius 2 is 1.89 bits per heavy atom. The van der Waals surface area contributed by atoms with E-state index in [2.05, 4.69) is 65.3 Å². The fourth-order valence-corrected chi connectivity index (χ4v) is 2.49. The van der Waals surface area contributed by atoms with Crippen molar-refractivity contribution < 1.29 is 0 Å². The number of aryl methyl sites for hydroxylation is 1. The average molecular weight is 387 g/mol. The molecule has 1 atom stereocenters. The van der Waals surface area contributed by atoms with Crippen LogP contribution in [-0.4, -0.2) is 0 Å². The van der Waals surface area contributed by atoms with Crippen molar-refractivity contribution in [1.82, 2.24) is 5.43 Å². The number of nitrogens with one attached hydrogen (secondary N) is 1. The molecule has 0 aromatic heterocycles. The highest BCUT2D eigenvalue weighted by molar-refractivity contribution is 14.1. The molecule has 0 aliphatic carbocycles. The Morgan fingerprint density at radius 3 is 2.47 bits per heavy atom. The van der Waals surface area contributed by atoms with Gasteiger partial charge in [0, 0.05) is 3.57 Å². The van der Waals surface area contributed by atoms with Crippen molar-refractivity contribution in [1.29, 1.82) is 0 Å². The molecular weight excluding hydrogens is 371 g/mol. The van der Waals surface area contributed by atoms with Crippen LogP contribution < -0.4 is 11.3 Å². The van der Waals surface area contributed by atoms with Crippen LogP contribution in [0.15, 0.2) is 42.5 Å². The summed E-state index contributed by atoms with van der Waals surface area (Å²) in [6, 6.07) is 14.6. The fraction of sp³-hybridized carbons (Fsp3) is 0.200. The maximum atomic E-state index is 6.16. The Morgan fingerprint density at radius 1 is 1.21 bits per heavy atom. The van der Waals surface area contributed by atoms with E-state index in [9.17, 15) is 0 Å². The zero-order valence-corrected chi connectivity index (χ0v) is 13.6. The van der Waals surface area contributed by atoms with Gasteiger partial charge < -0.3 is 0 Å². The highest BCUT2D eigenvalue weighted by Crippen LogP contribution is 2.25. The van der Waals surface area contributed by atoms with Crippen LogP contribution in [0.1, 0.15) is 22.7 Å². The molecule has 0 aliphatic rings. The van der Waals surface area contributed by atoms with Gasteiger partial charge in [-0.25, -0.2) is 0 Å². The molecule has 4 heteroatoms. The number of halogens is 2. The molecule has 19 heavy (non-hydrogen) atoms. The van der Waals surface area contributed by atoms with E-state index in [-0.39, 0.29) is 6.04 Å². The van der Waals surface area contributed by atoms with Crippen LogP contribution >= 0.6 is 34.2 Å². The molecule has 100 valence electrons. The number of hydrogen-bond acceptors (Lipinski definition) is 2. The number of benzene rings is 2. The van der Waals surface area contributed by atoms with Gasteiger partial charge in [0.2, 0.25) is 0 Å². The lowest BCUT2D eigenvalue weighted by atomic mass is 9.99. The second kappa shape index (κ2) is 6.70. The normalized spacial score (nSPS) is 12.4. The van der Waals surface area contributed by atoms with Crippen molar-refractivity contribution in [3.63, 3.8) is 0 Å². The molecule has 0 saturated heterocycles. The number of hydrogen-bond donors (Lipinski definition) is 2. The summed E-state index contributed by atoms with van der Waals surface area (Å²) in [5.41, 5.74) is 6.49. The van der Waals surface area contributed by atoms with Crippen molar-refractivity contribution in [3.8, 4) is 0 Å². The van der Waals surface area contributed by atoms with Crippen LogP contribution in [0, 0.1) is 10.5 Å². The smallest absolute Gasteiger partial charge is 0.0542 e. The predicted molar refractivity (Wildman–Crippen MR) is 89.1 cm³/mol. The highest BCUT2D eigenvalue weighted by atomic mass is 127. The largest absolute Gasteiger partial charge is 0.271 e. The molecule has 2 nitrogen and oxygen atoms in total. The monoisotopic (exact) mass is 386 g/mol. The molecule has 0 saturated carbocycles. The average Bonchev–Trinajstić information content (AvgIpc) is 2.41. The van der Waals surface area contributed by atoms with Gasteiger partial charge in [0.1, 0.15) is 0 Å². The minimum Gasteiger partial charge on any atom is -0.271 e. The lowest BCUT2D eigenvalue weighted by Crippen LogP contribution is -2.29. The van der Waals surface area contributed by atoms with Crippen LogP contribution in [0.5, 0.6) is 0 Å². The Hall–Kier alpha value is -0.620. The summed E-state index contributed by atoms with van der Waals surface area (Å²) in [6.45, 7) is 2.08. The standard InChI is InChI=1S/C15H16ClIN2/c1-10-2-4-11(5-3-10)8-15(19-18)12-6-7-14(17)13(16)9-12/h2-7,9,15,19H,8,18H2,1H3. The molecule has 0 fully saturated rings. The summed E-state index contributed by atoms with van der Waals surface area (Å²) in [5.74, 6) is 5.68. The van der Waals surface area contributed by atoms with Gasteiger partial charge in [-0.05, 0) is 59.2 Å². The SMILES string of the molecule is Cc1ccc(CC(NN)c2ccc(I)c(Cl)c2)cc1. The highest BCUT2D eigenvalue weighted by Gasteiger charge is 2.12. The zero-order valence-electron chi connectivity index (χ0n) is 10.7. The Kier molecular flexibility index (Phi) is 5.21. The minimum atomic E-state index is 0.0669. The van der Waals surface area contributed by atoms with Crippen LogP contribution in [-0.2, 0) is 6.42 Å². The predicted octanol–water partition coefficient (Wildman–Crippen LogP) is 4.00. The van der Waals surface area contributed by atoms with Gasteiger partial charge in [-0.2, -0.15) is 0 Å². The summed E-state index contributed by atoms with van der Waals surface area (Å²) in [7, 11) is 0. The van der Waals surface area contributed by atoms with E-state index < -0.39 is 0 Å². The zero-order chi connectivity index (χ0) is 13.8. The van der Waals surface area contributed by atoms with Crippen molar-refractivity contribution in [2.45, 2.75) is 19.4 Å². The van der Waals surface area contributed by atoms with Gasteiger partial charge in [-0.1, -0.05) is 47.5 Å². The molecule has 0 aliphatic heterocycles. The van der Waals surface area contributed by atoms with Crippen molar-refractivity contribution in [2.24, 2.45) is 5.84 Å². The first-order valence-corrected chi connectivity index (χ1v) is 7.52. The second-order valence-electron chi connectivity index (χ2n) is 4.58. The van der Waals surface area contributed by atoms with Crippen LogP contribution in [0.25, 0.3) is 0 Å². The molecule has 0 radical (unpaired) electrons. The molecule has 2 rings (SSSR count). The van der Waals surface area contributed by atoms with Crippen LogP contribution in [0.2, 0.25) is 5.02 Å². The Bertz CT molecular complexity index is 555. The molecule has 0 amide bonds. The van der Waals surface area contributed by atoms with Crippen LogP contribution in [0.3, 0.4) is 0 Å². The molecule has 3 N–H and O–H groups in total. The summed E-state index contributed by atoms with van der Waals surface area (Å²) < 4.78 is 1.05. The van der Waals surface area contributed by atoms with Crippen molar-refractivity contribution in [3.05, 3.63) is 67.7 Å². The summed E-state index contributed by atoms with van der Waals surface area (Å²) in [5, 5.41) is 0.766. The molecule has 0 heterocycles. The molecule has 1 unspecified atom stereocenters. The van der Waals surface area contributed by atoms with Gasteiger partial charge in [0.05, 0.1) is 11.1 Å². The Balaban J connectivity index is 2.19. The molecule has 0 spiro atoms. The third-order valence-corrected chi connectivity index (χ3v) is 4.68. The third-order valence-electron chi connectivity index (χ3n) is 3.11. The van der Waals surface area contributed by atoms with Gasteiger partial charge in [-0.15, -0.1) is 0 Å². The molecular formula is C15H16ClIN2. The van der Waals surface area contributed by atoms with E-state index in [4.69, 9.17) is 17.4 Å². The number of rotatable bonds is 4. The van der Waals surface area contributed by atoms with E-state index >= 15 is 0 Å². The Labute approximate surface area is 132 Å². The van der Waals surface area contributed by atoms with Gasteiger partial charge in [-0.3, -0.25) is 11.3 Å². The molecule has 0 bridgehead atoms. The molecule has 2 aromatic carbocycles. The first-order valence-electron chi connectivity index (χ1n) is 6.07. The van der Waals surface area contributed by atoms with Crippen LogP contribution in [0.4, 0.5) is 0 Å². The first kappa shape index (κ1) is 14.8. The fourth-order valence-electron chi connectivity index (χ4n) is 1.96. The van der Waals surface area contributed by atoms with E-state index in [0.29, 0.717) is 0 Å². The number of nitrogens with two attached hydrogens (primary N) is 1. The second-order valence-corrected chi connectivity index (χ2v) is 6.15. The van der Waals surface area contributed by atoms with Crippen molar-refractivity contribution in [2.75, 3.05) is 0 Å². The summed E-state index contributed by atoms with van der Waals surface area (Å²) in [6.07, 6.45) is 0.841. The quantitative estimate of drug-likeness (QED) is 0.473. The van der Waals surface area contributed by atoms with E-state index in [0.717, 1.165) is 20.6 Å². The summed E-state index contributed by atoms with van der Waals surface area (Å²) >= 11 is 8.38. The maximum absolute atomic E-state index is 6.16. The molecule has 2 aromatic rings.